The van der Waals surface area contributed by atoms with Crippen molar-refractivity contribution in [1.82, 2.24) is 0 Å². The summed E-state index contributed by atoms with van der Waals surface area (Å²) in [5, 5.41) is 2.11. The fourth-order valence-electron chi connectivity index (χ4n) is 3.38. The minimum atomic E-state index is 0.678. The molecule has 0 N–H and O–H groups in total. The summed E-state index contributed by atoms with van der Waals surface area (Å²) < 4.78 is 8.14. The van der Waals surface area contributed by atoms with Gasteiger partial charge in [-0.05, 0) is 49.2 Å². The van der Waals surface area contributed by atoms with E-state index in [1.54, 1.807) is 0 Å². The van der Waals surface area contributed by atoms with Gasteiger partial charge in [0.15, 0.2) is 11.9 Å². The molecule has 116 valence electrons. The highest BCUT2D eigenvalue weighted by Crippen LogP contribution is 2.38. The van der Waals surface area contributed by atoms with Crippen LogP contribution in [0.1, 0.15) is 11.1 Å². The molecule has 3 heteroatoms. The molecule has 0 aliphatic rings. The average molecular weight is 313 g/mol. The van der Waals surface area contributed by atoms with Crippen LogP contribution in [0.5, 0.6) is 0 Å². The van der Waals surface area contributed by atoms with Crippen molar-refractivity contribution < 1.29 is 8.98 Å². The third-order valence-corrected chi connectivity index (χ3v) is 4.67. The summed E-state index contributed by atoms with van der Waals surface area (Å²) in [6.07, 6.45) is 2.05. The van der Waals surface area contributed by atoms with E-state index in [1.807, 2.05) is 25.1 Å². The molecule has 2 aromatic carbocycles. The molecule has 0 spiro atoms. The van der Waals surface area contributed by atoms with E-state index in [0.717, 1.165) is 33.2 Å². The van der Waals surface area contributed by atoms with Gasteiger partial charge in [0.05, 0.1) is 6.57 Å². The Labute approximate surface area is 140 Å². The maximum Gasteiger partial charge on any atom is 0.212 e. The lowest BCUT2D eigenvalue weighted by atomic mass is 9.99. The van der Waals surface area contributed by atoms with E-state index in [2.05, 4.69) is 53.8 Å². The van der Waals surface area contributed by atoms with Gasteiger partial charge in [-0.15, -0.1) is 0 Å². The number of hydrogen-bond donors (Lipinski definition) is 0. The fourth-order valence-corrected chi connectivity index (χ4v) is 3.38. The highest BCUT2D eigenvalue weighted by molar-refractivity contribution is 6.09. The van der Waals surface area contributed by atoms with Crippen LogP contribution in [-0.2, 0) is 7.05 Å². The number of benzene rings is 2. The molecule has 0 aliphatic carbocycles. The van der Waals surface area contributed by atoms with Crippen molar-refractivity contribution in [2.75, 3.05) is 0 Å². The monoisotopic (exact) mass is 313 g/mol. The van der Waals surface area contributed by atoms with Gasteiger partial charge in [0.2, 0.25) is 5.69 Å². The van der Waals surface area contributed by atoms with Gasteiger partial charge >= 0.3 is 0 Å². The largest absolute Gasteiger partial charge is 0.456 e. The lowest BCUT2D eigenvalue weighted by Crippen LogP contribution is -2.30. The summed E-state index contributed by atoms with van der Waals surface area (Å²) in [7, 11) is 2.05. The molecule has 0 unspecified atom stereocenters. The van der Waals surface area contributed by atoms with E-state index in [9.17, 15) is 0 Å². The minimum Gasteiger partial charge on any atom is -0.456 e. The smallest absolute Gasteiger partial charge is 0.212 e. The summed E-state index contributed by atoms with van der Waals surface area (Å²) in [5.74, 6) is 0. The molecule has 2 aromatic heterocycles. The van der Waals surface area contributed by atoms with Crippen LogP contribution in [-0.4, -0.2) is 0 Å². The van der Waals surface area contributed by atoms with Crippen molar-refractivity contribution in [2.45, 2.75) is 13.8 Å². The molecule has 0 saturated heterocycles. The molecule has 0 atom stereocenters. The van der Waals surface area contributed by atoms with Crippen molar-refractivity contribution in [3.05, 3.63) is 71.2 Å². The Morgan fingerprint density at radius 1 is 1.04 bits per heavy atom. The number of nitrogens with zero attached hydrogens (tertiary/aromatic N) is 2. The van der Waals surface area contributed by atoms with Gasteiger partial charge < -0.3 is 4.42 Å². The normalized spacial score (nSPS) is 11.1. The molecule has 3 nitrogen and oxygen atoms in total. The van der Waals surface area contributed by atoms with Crippen molar-refractivity contribution >= 4 is 27.6 Å². The Bertz CT molecular complexity index is 1150. The molecule has 24 heavy (non-hydrogen) atoms. The van der Waals surface area contributed by atoms with Crippen molar-refractivity contribution in [2.24, 2.45) is 7.05 Å². The molecule has 0 bridgehead atoms. The third kappa shape index (κ3) is 2.00. The van der Waals surface area contributed by atoms with Gasteiger partial charge in [0.25, 0.3) is 0 Å². The SMILES string of the molecule is [C-]#[N+]c1ccc2oc3cc(C)c(-c4cccc[n+]4C)cc3c2c1C. The first-order valence-corrected chi connectivity index (χ1v) is 7.89. The Morgan fingerprint density at radius 3 is 2.62 bits per heavy atom. The quantitative estimate of drug-likeness (QED) is 0.347. The maximum atomic E-state index is 7.35. The lowest BCUT2D eigenvalue weighted by molar-refractivity contribution is -0.660. The van der Waals surface area contributed by atoms with E-state index < -0.39 is 0 Å². The van der Waals surface area contributed by atoms with E-state index >= 15 is 0 Å². The molecule has 0 saturated carbocycles. The number of aromatic nitrogens is 1. The summed E-state index contributed by atoms with van der Waals surface area (Å²) in [5.41, 5.74) is 6.88. The summed E-state index contributed by atoms with van der Waals surface area (Å²) in [6, 6.07) is 14.2. The summed E-state index contributed by atoms with van der Waals surface area (Å²) >= 11 is 0. The minimum absolute atomic E-state index is 0.678. The maximum absolute atomic E-state index is 7.35. The van der Waals surface area contributed by atoms with Crippen LogP contribution >= 0.6 is 0 Å². The van der Waals surface area contributed by atoms with E-state index in [-0.39, 0.29) is 0 Å². The van der Waals surface area contributed by atoms with Gasteiger partial charge in [-0.25, -0.2) is 9.41 Å². The van der Waals surface area contributed by atoms with Gasteiger partial charge in [-0.1, -0.05) is 6.07 Å². The van der Waals surface area contributed by atoms with Crippen LogP contribution in [0, 0.1) is 20.4 Å². The highest BCUT2D eigenvalue weighted by atomic mass is 16.3. The Balaban J connectivity index is 2.12. The molecule has 0 radical (unpaired) electrons. The van der Waals surface area contributed by atoms with Crippen LogP contribution in [0.4, 0.5) is 5.69 Å². The molecule has 0 fully saturated rings. The van der Waals surface area contributed by atoms with E-state index in [0.29, 0.717) is 5.69 Å². The summed E-state index contributed by atoms with van der Waals surface area (Å²) in [6.45, 7) is 11.4. The first-order chi connectivity index (χ1) is 11.6. The van der Waals surface area contributed by atoms with E-state index in [1.165, 1.54) is 11.1 Å². The number of hydrogen-bond acceptors (Lipinski definition) is 1. The van der Waals surface area contributed by atoms with Crippen molar-refractivity contribution in [3.63, 3.8) is 0 Å². The Hall–Kier alpha value is -3.12. The van der Waals surface area contributed by atoms with Crippen LogP contribution in [0.3, 0.4) is 0 Å². The molecule has 4 aromatic rings. The average Bonchev–Trinajstić information content (AvgIpc) is 2.93. The second-order valence-corrected chi connectivity index (χ2v) is 6.16. The topological polar surface area (TPSA) is 21.4 Å². The zero-order valence-electron chi connectivity index (χ0n) is 13.9. The van der Waals surface area contributed by atoms with E-state index in [4.69, 9.17) is 11.0 Å². The molecule has 2 heterocycles. The number of furan rings is 1. The number of pyridine rings is 1. The Kier molecular flexibility index (Phi) is 3.14. The van der Waals surface area contributed by atoms with Crippen LogP contribution < -0.4 is 4.57 Å². The summed E-state index contributed by atoms with van der Waals surface area (Å²) in [4.78, 5) is 3.62. The standard InChI is InChI=1S/C21H17N2O/c1-13-11-20-16(12-15(13)18-7-5-6-10-23(18)4)21-14(2)17(22-3)8-9-19(21)24-20/h5-12H,1-2,4H3/q+1. The van der Waals surface area contributed by atoms with Crippen LogP contribution in [0.2, 0.25) is 0 Å². The van der Waals surface area contributed by atoms with Gasteiger partial charge in [-0.2, -0.15) is 0 Å². The highest BCUT2D eigenvalue weighted by Gasteiger charge is 2.17. The van der Waals surface area contributed by atoms with Crippen LogP contribution in [0.15, 0.2) is 53.1 Å². The second kappa shape index (κ2) is 5.21. The zero-order chi connectivity index (χ0) is 16.8. The number of rotatable bonds is 1. The predicted octanol–water partition coefficient (Wildman–Crippen LogP) is 5.25. The molecule has 4 rings (SSSR count). The Morgan fingerprint density at radius 2 is 1.88 bits per heavy atom. The lowest BCUT2D eigenvalue weighted by Gasteiger charge is -2.05. The predicted molar refractivity (Wildman–Crippen MR) is 96.1 cm³/mol. The van der Waals surface area contributed by atoms with Gasteiger partial charge in [0, 0.05) is 28.5 Å². The third-order valence-electron chi connectivity index (χ3n) is 4.67. The number of aryl methyl sites for hydroxylation is 3. The molecule has 0 amide bonds. The zero-order valence-corrected chi connectivity index (χ0v) is 13.9. The first kappa shape index (κ1) is 14.5. The fraction of sp³-hybridized carbons (Fsp3) is 0.143. The molecule has 0 aliphatic heterocycles. The second-order valence-electron chi connectivity index (χ2n) is 6.16. The number of fused-ring (bicyclic) bond motifs is 3. The van der Waals surface area contributed by atoms with Crippen molar-refractivity contribution in [1.29, 1.82) is 0 Å². The van der Waals surface area contributed by atoms with Crippen molar-refractivity contribution in [3.8, 4) is 11.3 Å². The van der Waals surface area contributed by atoms with Gasteiger partial charge in [-0.3, -0.25) is 0 Å². The van der Waals surface area contributed by atoms with Gasteiger partial charge in [0.1, 0.15) is 18.2 Å². The molecular formula is C21H17N2O+. The molecular weight excluding hydrogens is 296 g/mol. The van der Waals surface area contributed by atoms with Crippen LogP contribution in [0.25, 0.3) is 38.0 Å². The first-order valence-electron chi connectivity index (χ1n) is 7.89.